The van der Waals surface area contributed by atoms with Gasteiger partial charge in [0.15, 0.2) is 5.13 Å². The number of thiazole rings is 1. The Morgan fingerprint density at radius 2 is 2.14 bits per heavy atom. The van der Waals surface area contributed by atoms with Gasteiger partial charge in [0.25, 0.3) is 0 Å². The van der Waals surface area contributed by atoms with E-state index in [1.807, 2.05) is 0 Å². The van der Waals surface area contributed by atoms with E-state index in [1.54, 1.807) is 24.1 Å². The van der Waals surface area contributed by atoms with Crippen LogP contribution in [-0.4, -0.2) is 54.7 Å². The van der Waals surface area contributed by atoms with Gasteiger partial charge in [-0.15, -0.1) is 11.3 Å². The molecule has 10 nitrogen and oxygen atoms in total. The van der Waals surface area contributed by atoms with Crippen LogP contribution in [0.2, 0.25) is 0 Å². The van der Waals surface area contributed by atoms with Crippen molar-refractivity contribution in [1.29, 1.82) is 0 Å². The summed E-state index contributed by atoms with van der Waals surface area (Å²) in [5.74, 6) is -1.12. The summed E-state index contributed by atoms with van der Waals surface area (Å²) in [6, 6.07) is -1.06. The molecule has 2 N–H and O–H groups in total. The number of esters is 2. The average molecular weight is 422 g/mol. The van der Waals surface area contributed by atoms with Crippen molar-refractivity contribution in [1.82, 2.24) is 15.6 Å². The van der Waals surface area contributed by atoms with Crippen LogP contribution in [0, 0.1) is 0 Å². The fraction of sp³-hybridized carbons (Fsp3) is 0.500. The van der Waals surface area contributed by atoms with Gasteiger partial charge in [-0.1, -0.05) is 0 Å². The molecule has 1 fully saturated rings. The number of hydrogen-bond donors (Lipinski definition) is 2. The minimum absolute atomic E-state index is 0.0303. The third kappa shape index (κ3) is 4.91. The Morgan fingerprint density at radius 3 is 2.83 bits per heavy atom. The van der Waals surface area contributed by atoms with Crippen LogP contribution >= 0.6 is 11.3 Å². The number of hydrogen-bond acceptors (Lipinski definition) is 8. The van der Waals surface area contributed by atoms with Gasteiger partial charge in [0, 0.05) is 18.3 Å². The predicted molar refractivity (Wildman–Crippen MR) is 103 cm³/mol. The first kappa shape index (κ1) is 20.8. The number of urea groups is 1. The number of aromatic nitrogens is 1. The van der Waals surface area contributed by atoms with E-state index in [-0.39, 0.29) is 36.8 Å². The lowest BCUT2D eigenvalue weighted by atomic mass is 10.0. The topological polar surface area (TPSA) is 127 Å². The predicted octanol–water partition coefficient (Wildman–Crippen LogP) is 0.874. The number of nitrogens with one attached hydrogen (secondary N) is 2. The molecule has 3 heterocycles. The maximum absolute atomic E-state index is 12.2. The first-order valence-corrected chi connectivity index (χ1v) is 10.1. The van der Waals surface area contributed by atoms with Gasteiger partial charge >= 0.3 is 18.0 Å². The molecule has 3 amide bonds. The van der Waals surface area contributed by atoms with Gasteiger partial charge in [0.05, 0.1) is 36.0 Å². The van der Waals surface area contributed by atoms with E-state index >= 15 is 0 Å². The number of amides is 3. The second kappa shape index (κ2) is 9.03. The van der Waals surface area contributed by atoms with Crippen molar-refractivity contribution in [2.24, 2.45) is 0 Å². The summed E-state index contributed by atoms with van der Waals surface area (Å²) < 4.78 is 10.2. The van der Waals surface area contributed by atoms with Crippen molar-refractivity contribution in [3.63, 3.8) is 0 Å². The molecule has 0 bridgehead atoms. The Balaban J connectivity index is 1.62. The summed E-state index contributed by atoms with van der Waals surface area (Å²) in [5.41, 5.74) is 0.898. The Hall–Kier alpha value is -2.95. The molecule has 0 radical (unpaired) electrons. The van der Waals surface area contributed by atoms with Gasteiger partial charge in [-0.05, 0) is 20.3 Å². The normalized spacial score (nSPS) is 19.1. The molecular formula is C18H22N4O6S. The Morgan fingerprint density at radius 1 is 1.34 bits per heavy atom. The fourth-order valence-electron chi connectivity index (χ4n) is 3.10. The Kier molecular flexibility index (Phi) is 6.47. The van der Waals surface area contributed by atoms with E-state index in [0.29, 0.717) is 23.8 Å². The molecule has 1 aromatic heterocycles. The highest BCUT2D eigenvalue weighted by Crippen LogP contribution is 2.25. The van der Waals surface area contributed by atoms with Crippen LogP contribution in [-0.2, 0) is 30.3 Å². The van der Waals surface area contributed by atoms with E-state index in [9.17, 15) is 19.2 Å². The maximum atomic E-state index is 12.2. The van der Waals surface area contributed by atoms with E-state index in [0.717, 1.165) is 6.42 Å². The lowest BCUT2D eigenvalue weighted by molar-refractivity contribution is -0.143. The third-order valence-corrected chi connectivity index (χ3v) is 5.32. The average Bonchev–Trinajstić information content (AvgIpc) is 3.28. The summed E-state index contributed by atoms with van der Waals surface area (Å²) in [6.45, 7) is 3.86. The minimum Gasteiger partial charge on any atom is -0.463 e. The van der Waals surface area contributed by atoms with Crippen molar-refractivity contribution in [2.75, 3.05) is 24.7 Å². The molecule has 11 heteroatoms. The van der Waals surface area contributed by atoms with Crippen LogP contribution in [0.1, 0.15) is 32.4 Å². The lowest BCUT2D eigenvalue weighted by Crippen LogP contribution is -2.50. The lowest BCUT2D eigenvalue weighted by Gasteiger charge is -2.26. The maximum Gasteiger partial charge on any atom is 0.338 e. The fourth-order valence-corrected chi connectivity index (χ4v) is 3.96. The van der Waals surface area contributed by atoms with Gasteiger partial charge in [-0.25, -0.2) is 14.6 Å². The zero-order valence-electron chi connectivity index (χ0n) is 16.1. The zero-order chi connectivity index (χ0) is 21.0. The molecule has 1 saturated heterocycles. The van der Waals surface area contributed by atoms with Crippen LogP contribution in [0.15, 0.2) is 16.7 Å². The van der Waals surface area contributed by atoms with Crippen molar-refractivity contribution < 1.29 is 28.7 Å². The molecule has 1 unspecified atom stereocenters. The Labute approximate surface area is 171 Å². The summed E-state index contributed by atoms with van der Waals surface area (Å²) in [5, 5.41) is 7.34. The number of anilines is 1. The number of carbonyl (C=O) groups excluding carboxylic acids is 4. The highest BCUT2D eigenvalue weighted by atomic mass is 32.1. The minimum atomic E-state index is -0.585. The van der Waals surface area contributed by atoms with E-state index in [4.69, 9.17) is 9.47 Å². The SMILES string of the molecule is CCOC(=O)C1=C(COC(=O)Cc2csc(N3CCCC3=O)n2)NC(=O)NC1C. The molecular weight excluding hydrogens is 400 g/mol. The van der Waals surface area contributed by atoms with E-state index in [1.165, 1.54) is 11.3 Å². The number of nitrogens with zero attached hydrogens (tertiary/aromatic N) is 2. The highest BCUT2D eigenvalue weighted by molar-refractivity contribution is 7.14. The van der Waals surface area contributed by atoms with Crippen molar-refractivity contribution in [2.45, 2.75) is 39.2 Å². The van der Waals surface area contributed by atoms with Crippen LogP contribution < -0.4 is 15.5 Å². The second-order valence-corrected chi connectivity index (χ2v) is 7.38. The molecule has 2 aliphatic heterocycles. The number of rotatable bonds is 7. The zero-order valence-corrected chi connectivity index (χ0v) is 17.0. The molecule has 3 rings (SSSR count). The number of carbonyl (C=O) groups is 4. The number of ether oxygens (including phenoxy) is 2. The van der Waals surface area contributed by atoms with Crippen LogP contribution in [0.5, 0.6) is 0 Å². The standard InChI is InChI=1S/C18H22N4O6S/c1-3-27-16(25)15-10(2)19-17(26)21-12(15)8-28-14(24)7-11-9-29-18(20-11)22-6-4-5-13(22)23/h9-10H,3-8H2,1-2H3,(H2,19,21,26). The van der Waals surface area contributed by atoms with E-state index < -0.39 is 24.0 Å². The first-order valence-electron chi connectivity index (χ1n) is 9.27. The summed E-state index contributed by atoms with van der Waals surface area (Å²) in [6.07, 6.45) is 1.23. The van der Waals surface area contributed by atoms with Gasteiger partial charge in [0.1, 0.15) is 6.61 Å². The first-order chi connectivity index (χ1) is 13.9. The highest BCUT2D eigenvalue weighted by Gasteiger charge is 2.30. The summed E-state index contributed by atoms with van der Waals surface area (Å²) >= 11 is 1.30. The van der Waals surface area contributed by atoms with Crippen molar-refractivity contribution >= 4 is 40.3 Å². The second-order valence-electron chi connectivity index (χ2n) is 6.54. The largest absolute Gasteiger partial charge is 0.463 e. The molecule has 0 saturated carbocycles. The van der Waals surface area contributed by atoms with E-state index in [2.05, 4.69) is 15.6 Å². The smallest absolute Gasteiger partial charge is 0.338 e. The van der Waals surface area contributed by atoms with Crippen molar-refractivity contribution in [3.05, 3.63) is 22.3 Å². The molecule has 1 atom stereocenters. The van der Waals surface area contributed by atoms with Crippen LogP contribution in [0.25, 0.3) is 0 Å². The molecule has 0 spiro atoms. The van der Waals surface area contributed by atoms with Crippen molar-refractivity contribution in [3.8, 4) is 0 Å². The van der Waals surface area contributed by atoms with Gasteiger partial charge in [0.2, 0.25) is 5.91 Å². The molecule has 0 aliphatic carbocycles. The molecule has 156 valence electrons. The molecule has 2 aliphatic rings. The molecule has 1 aromatic rings. The van der Waals surface area contributed by atoms with Crippen LogP contribution in [0.3, 0.4) is 0 Å². The summed E-state index contributed by atoms with van der Waals surface area (Å²) in [4.78, 5) is 53.8. The third-order valence-electron chi connectivity index (χ3n) is 4.41. The van der Waals surface area contributed by atoms with Gasteiger partial charge in [-0.3, -0.25) is 14.5 Å². The van der Waals surface area contributed by atoms with Crippen LogP contribution in [0.4, 0.5) is 9.93 Å². The molecule has 29 heavy (non-hydrogen) atoms. The van der Waals surface area contributed by atoms with Gasteiger partial charge < -0.3 is 20.1 Å². The quantitative estimate of drug-likeness (QED) is 0.624. The van der Waals surface area contributed by atoms with Gasteiger partial charge in [-0.2, -0.15) is 0 Å². The monoisotopic (exact) mass is 422 g/mol. The molecule has 0 aromatic carbocycles. The Bertz CT molecular complexity index is 864. The summed E-state index contributed by atoms with van der Waals surface area (Å²) in [7, 11) is 0.